The SMILES string of the molecule is NS(=O)(=O)c1ccc(CNC(=O)C(F)F)cc1. The molecule has 0 aliphatic heterocycles. The number of sulfonamides is 1. The third-order valence-electron chi connectivity index (χ3n) is 1.92. The van der Waals surface area contributed by atoms with Crippen molar-refractivity contribution in [3.8, 4) is 0 Å². The van der Waals surface area contributed by atoms with Crippen molar-refractivity contribution in [2.45, 2.75) is 17.9 Å². The van der Waals surface area contributed by atoms with Gasteiger partial charge < -0.3 is 5.32 Å². The highest BCUT2D eigenvalue weighted by Crippen LogP contribution is 2.08. The van der Waals surface area contributed by atoms with Crippen LogP contribution in [-0.2, 0) is 21.4 Å². The molecule has 0 aliphatic carbocycles. The van der Waals surface area contributed by atoms with E-state index in [0.29, 0.717) is 5.56 Å². The smallest absolute Gasteiger partial charge is 0.315 e. The molecule has 1 aromatic rings. The van der Waals surface area contributed by atoms with Gasteiger partial charge in [0.25, 0.3) is 5.91 Å². The Morgan fingerprint density at radius 1 is 1.29 bits per heavy atom. The Bertz CT molecular complexity index is 499. The number of nitrogens with one attached hydrogen (secondary N) is 1. The molecule has 0 heterocycles. The van der Waals surface area contributed by atoms with Crippen molar-refractivity contribution < 1.29 is 22.0 Å². The van der Waals surface area contributed by atoms with E-state index >= 15 is 0 Å². The molecule has 1 rings (SSSR count). The average molecular weight is 264 g/mol. The average Bonchev–Trinajstić information content (AvgIpc) is 2.25. The number of hydrogen-bond acceptors (Lipinski definition) is 3. The van der Waals surface area contributed by atoms with Crippen molar-refractivity contribution in [1.29, 1.82) is 0 Å². The Morgan fingerprint density at radius 3 is 2.24 bits per heavy atom. The van der Waals surface area contributed by atoms with Gasteiger partial charge in [0.15, 0.2) is 0 Å². The van der Waals surface area contributed by atoms with Crippen molar-refractivity contribution in [2.75, 3.05) is 0 Å². The van der Waals surface area contributed by atoms with Crippen LogP contribution in [0.1, 0.15) is 5.56 Å². The number of carbonyl (C=O) groups is 1. The van der Waals surface area contributed by atoms with Crippen LogP contribution < -0.4 is 10.5 Å². The van der Waals surface area contributed by atoms with Crippen LogP contribution in [0.25, 0.3) is 0 Å². The first kappa shape index (κ1) is 13.5. The van der Waals surface area contributed by atoms with Gasteiger partial charge in [-0.1, -0.05) is 12.1 Å². The van der Waals surface area contributed by atoms with E-state index < -0.39 is 22.4 Å². The first-order valence-corrected chi connectivity index (χ1v) is 6.03. The fraction of sp³-hybridized carbons (Fsp3) is 0.222. The summed E-state index contributed by atoms with van der Waals surface area (Å²) in [6, 6.07) is 5.23. The van der Waals surface area contributed by atoms with E-state index in [2.05, 4.69) is 0 Å². The number of rotatable bonds is 4. The van der Waals surface area contributed by atoms with Gasteiger partial charge >= 0.3 is 6.43 Å². The molecule has 0 radical (unpaired) electrons. The molecule has 0 unspecified atom stereocenters. The van der Waals surface area contributed by atoms with Crippen molar-refractivity contribution >= 4 is 15.9 Å². The Kier molecular flexibility index (Phi) is 4.13. The van der Waals surface area contributed by atoms with Crippen LogP contribution in [0.2, 0.25) is 0 Å². The Hall–Kier alpha value is -1.54. The van der Waals surface area contributed by atoms with Gasteiger partial charge in [0, 0.05) is 6.54 Å². The summed E-state index contributed by atoms with van der Waals surface area (Å²) >= 11 is 0. The Balaban J connectivity index is 2.67. The number of benzene rings is 1. The van der Waals surface area contributed by atoms with Crippen LogP contribution in [0.15, 0.2) is 29.2 Å². The van der Waals surface area contributed by atoms with Gasteiger partial charge in [-0.2, -0.15) is 8.78 Å². The summed E-state index contributed by atoms with van der Waals surface area (Å²) in [7, 11) is -3.77. The van der Waals surface area contributed by atoms with Crippen molar-refractivity contribution in [3.05, 3.63) is 29.8 Å². The van der Waals surface area contributed by atoms with E-state index in [1.54, 1.807) is 0 Å². The van der Waals surface area contributed by atoms with Gasteiger partial charge in [-0.25, -0.2) is 13.6 Å². The molecule has 0 aromatic heterocycles. The minimum Gasteiger partial charge on any atom is -0.347 e. The second-order valence-electron chi connectivity index (χ2n) is 3.21. The first-order valence-electron chi connectivity index (χ1n) is 4.48. The fourth-order valence-electron chi connectivity index (χ4n) is 1.06. The van der Waals surface area contributed by atoms with E-state index in [4.69, 9.17) is 5.14 Å². The van der Waals surface area contributed by atoms with Crippen LogP contribution in [-0.4, -0.2) is 20.8 Å². The number of halogens is 2. The van der Waals surface area contributed by atoms with Crippen molar-refractivity contribution in [1.82, 2.24) is 5.32 Å². The van der Waals surface area contributed by atoms with Gasteiger partial charge in [-0.3, -0.25) is 4.79 Å². The Labute approximate surface area is 96.7 Å². The summed E-state index contributed by atoms with van der Waals surface area (Å²) < 4.78 is 45.5. The van der Waals surface area contributed by atoms with Gasteiger partial charge in [-0.15, -0.1) is 0 Å². The molecule has 0 spiro atoms. The minimum absolute atomic E-state index is 0.0820. The molecule has 8 heteroatoms. The maximum absolute atomic E-state index is 11.8. The quantitative estimate of drug-likeness (QED) is 0.815. The van der Waals surface area contributed by atoms with Gasteiger partial charge in [-0.05, 0) is 17.7 Å². The van der Waals surface area contributed by atoms with E-state index in [1.807, 2.05) is 5.32 Å². The highest BCUT2D eigenvalue weighted by Gasteiger charge is 2.14. The predicted octanol–water partition coefficient (Wildman–Crippen LogP) is 0.215. The van der Waals surface area contributed by atoms with Crippen LogP contribution in [0.5, 0.6) is 0 Å². The zero-order chi connectivity index (χ0) is 13.1. The zero-order valence-corrected chi connectivity index (χ0v) is 9.38. The van der Waals surface area contributed by atoms with Crippen molar-refractivity contribution in [2.24, 2.45) is 5.14 Å². The molecular formula is C9H10F2N2O3S. The van der Waals surface area contributed by atoms with Gasteiger partial charge in [0.05, 0.1) is 4.90 Å². The second kappa shape index (κ2) is 5.19. The molecule has 3 N–H and O–H groups in total. The van der Waals surface area contributed by atoms with E-state index in [-0.39, 0.29) is 11.4 Å². The summed E-state index contributed by atoms with van der Waals surface area (Å²) in [5.41, 5.74) is 0.492. The van der Waals surface area contributed by atoms with Crippen LogP contribution >= 0.6 is 0 Å². The molecule has 1 aromatic carbocycles. The molecule has 1 amide bonds. The molecule has 0 saturated heterocycles. The largest absolute Gasteiger partial charge is 0.347 e. The summed E-state index contributed by atoms with van der Waals surface area (Å²) in [6.45, 7) is -0.103. The molecular weight excluding hydrogens is 254 g/mol. The highest BCUT2D eigenvalue weighted by molar-refractivity contribution is 7.89. The molecule has 94 valence electrons. The maximum Gasteiger partial charge on any atom is 0.315 e. The van der Waals surface area contributed by atoms with E-state index in [0.717, 1.165) is 0 Å². The Morgan fingerprint density at radius 2 is 1.82 bits per heavy atom. The number of nitrogens with two attached hydrogens (primary N) is 1. The van der Waals surface area contributed by atoms with Crippen LogP contribution in [0.3, 0.4) is 0 Å². The standard InChI is InChI=1S/C9H10F2N2O3S/c10-8(11)9(14)13-5-6-1-3-7(4-2-6)17(12,15)16/h1-4,8H,5H2,(H,13,14)(H2,12,15,16). The third kappa shape index (κ3) is 4.08. The molecule has 17 heavy (non-hydrogen) atoms. The summed E-state index contributed by atoms with van der Waals surface area (Å²) in [4.78, 5) is 10.5. The predicted molar refractivity (Wildman–Crippen MR) is 55.7 cm³/mol. The third-order valence-corrected chi connectivity index (χ3v) is 2.85. The number of carbonyl (C=O) groups excluding carboxylic acids is 1. The summed E-state index contributed by atoms with van der Waals surface area (Å²) in [6.07, 6.45) is -3.07. The topological polar surface area (TPSA) is 89.3 Å². The summed E-state index contributed by atoms with van der Waals surface area (Å²) in [5.74, 6) is -1.37. The normalized spacial score (nSPS) is 11.5. The monoisotopic (exact) mass is 264 g/mol. The highest BCUT2D eigenvalue weighted by atomic mass is 32.2. The number of primary sulfonamides is 1. The minimum atomic E-state index is -3.77. The second-order valence-corrected chi connectivity index (χ2v) is 4.77. The number of alkyl halides is 2. The van der Waals surface area contributed by atoms with Crippen LogP contribution in [0, 0.1) is 0 Å². The van der Waals surface area contributed by atoms with Crippen molar-refractivity contribution in [3.63, 3.8) is 0 Å². The van der Waals surface area contributed by atoms with Gasteiger partial charge in [0.2, 0.25) is 10.0 Å². The summed E-state index contributed by atoms with van der Waals surface area (Å²) in [5, 5.41) is 6.86. The molecule has 0 saturated carbocycles. The molecule has 0 aliphatic rings. The lowest BCUT2D eigenvalue weighted by Gasteiger charge is -2.05. The van der Waals surface area contributed by atoms with E-state index in [1.165, 1.54) is 24.3 Å². The molecule has 0 atom stereocenters. The molecule has 5 nitrogen and oxygen atoms in total. The van der Waals surface area contributed by atoms with Crippen LogP contribution in [0.4, 0.5) is 8.78 Å². The molecule has 0 fully saturated rings. The van der Waals surface area contributed by atoms with Gasteiger partial charge in [0.1, 0.15) is 0 Å². The zero-order valence-electron chi connectivity index (χ0n) is 8.56. The lowest BCUT2D eigenvalue weighted by atomic mass is 10.2. The lowest BCUT2D eigenvalue weighted by Crippen LogP contribution is -2.28. The van der Waals surface area contributed by atoms with E-state index in [9.17, 15) is 22.0 Å². The number of amides is 1. The molecule has 0 bridgehead atoms. The lowest BCUT2D eigenvalue weighted by molar-refractivity contribution is -0.131. The number of hydrogen-bond donors (Lipinski definition) is 2. The fourth-order valence-corrected chi connectivity index (χ4v) is 1.58. The maximum atomic E-state index is 11.8. The first-order chi connectivity index (χ1) is 7.80.